The normalized spacial score (nSPS) is 15.9. The summed E-state index contributed by atoms with van der Waals surface area (Å²) in [6, 6.07) is 7.30. The van der Waals surface area contributed by atoms with E-state index in [0.717, 1.165) is 18.9 Å². The van der Waals surface area contributed by atoms with Crippen LogP contribution in [0.4, 0.5) is 0 Å². The molecule has 0 radical (unpaired) electrons. The Hall–Kier alpha value is -0.820. The van der Waals surface area contributed by atoms with Crippen molar-refractivity contribution in [3.63, 3.8) is 0 Å². The van der Waals surface area contributed by atoms with Gasteiger partial charge in [0.15, 0.2) is 0 Å². The van der Waals surface area contributed by atoms with Crippen molar-refractivity contribution in [2.75, 3.05) is 6.61 Å². The summed E-state index contributed by atoms with van der Waals surface area (Å²) in [5, 5.41) is 0. The first-order valence-electron chi connectivity index (χ1n) is 10.8. The smallest absolute Gasteiger partial charge is 0.0587 e. The van der Waals surface area contributed by atoms with E-state index in [1.807, 2.05) is 0 Å². The number of benzene rings is 1. The van der Waals surface area contributed by atoms with Gasteiger partial charge in [-0.25, -0.2) is 0 Å². The van der Waals surface area contributed by atoms with E-state index in [2.05, 4.69) is 80.5 Å². The van der Waals surface area contributed by atoms with Gasteiger partial charge in [-0.05, 0) is 66.5 Å². The molecule has 150 valence electrons. The minimum absolute atomic E-state index is 0.278. The number of rotatable bonds is 10. The van der Waals surface area contributed by atoms with Crippen LogP contribution in [0.25, 0.3) is 0 Å². The molecule has 0 aliphatic rings. The summed E-state index contributed by atoms with van der Waals surface area (Å²) in [7, 11) is 0. The molecule has 0 aromatic heterocycles. The van der Waals surface area contributed by atoms with E-state index in [0.29, 0.717) is 11.8 Å². The molecule has 0 saturated carbocycles. The van der Waals surface area contributed by atoms with E-state index in [4.69, 9.17) is 4.74 Å². The molecule has 0 aliphatic heterocycles. The SMILES string of the molecule is CCCC(C)Cc1cc(C(C(C)C)C(C)(C)C)ccc1CC(C)OCC. The maximum Gasteiger partial charge on any atom is 0.0587 e. The van der Waals surface area contributed by atoms with Gasteiger partial charge in [0.05, 0.1) is 6.10 Å². The molecule has 1 aromatic carbocycles. The summed E-state index contributed by atoms with van der Waals surface area (Å²) in [5.74, 6) is 1.97. The lowest BCUT2D eigenvalue weighted by Crippen LogP contribution is -2.24. The lowest BCUT2D eigenvalue weighted by atomic mass is 9.70. The highest BCUT2D eigenvalue weighted by molar-refractivity contribution is 5.36. The molecule has 1 nitrogen and oxygen atoms in total. The van der Waals surface area contributed by atoms with Crippen molar-refractivity contribution in [3.05, 3.63) is 34.9 Å². The van der Waals surface area contributed by atoms with E-state index < -0.39 is 0 Å². The van der Waals surface area contributed by atoms with Gasteiger partial charge in [0.25, 0.3) is 0 Å². The Morgan fingerprint density at radius 2 is 1.58 bits per heavy atom. The molecule has 26 heavy (non-hydrogen) atoms. The van der Waals surface area contributed by atoms with Crippen molar-refractivity contribution in [1.82, 2.24) is 0 Å². The highest BCUT2D eigenvalue weighted by atomic mass is 16.5. The van der Waals surface area contributed by atoms with Crippen LogP contribution < -0.4 is 0 Å². The predicted octanol–water partition coefficient (Wildman–Crippen LogP) is 7.42. The molecule has 3 atom stereocenters. The van der Waals surface area contributed by atoms with Crippen LogP contribution in [0.5, 0.6) is 0 Å². The Balaban J connectivity index is 3.23. The third kappa shape index (κ3) is 7.06. The summed E-state index contributed by atoms with van der Waals surface area (Å²) >= 11 is 0. The largest absolute Gasteiger partial charge is 0.378 e. The van der Waals surface area contributed by atoms with E-state index in [1.165, 1.54) is 30.4 Å². The first-order valence-corrected chi connectivity index (χ1v) is 10.8. The van der Waals surface area contributed by atoms with Crippen molar-refractivity contribution in [2.24, 2.45) is 17.3 Å². The molecule has 0 heterocycles. The topological polar surface area (TPSA) is 9.23 Å². The second-order valence-corrected chi connectivity index (χ2v) is 9.68. The highest BCUT2D eigenvalue weighted by Crippen LogP contribution is 2.41. The number of ether oxygens (including phenoxy) is 1. The third-order valence-electron chi connectivity index (χ3n) is 5.50. The quantitative estimate of drug-likeness (QED) is 0.422. The van der Waals surface area contributed by atoms with Crippen LogP contribution in [0.15, 0.2) is 18.2 Å². The van der Waals surface area contributed by atoms with E-state index in [1.54, 1.807) is 5.56 Å². The van der Waals surface area contributed by atoms with Crippen LogP contribution >= 0.6 is 0 Å². The molecular weight excluding hydrogens is 316 g/mol. The number of hydrogen-bond donors (Lipinski definition) is 0. The zero-order valence-corrected chi connectivity index (χ0v) is 19.0. The fourth-order valence-electron chi connectivity index (χ4n) is 4.74. The van der Waals surface area contributed by atoms with E-state index in [9.17, 15) is 0 Å². The van der Waals surface area contributed by atoms with Crippen molar-refractivity contribution in [2.45, 2.75) is 100 Å². The molecule has 0 fully saturated rings. The fourth-order valence-corrected chi connectivity index (χ4v) is 4.74. The molecule has 0 bridgehead atoms. The maximum absolute atomic E-state index is 5.82. The van der Waals surface area contributed by atoms with Crippen molar-refractivity contribution < 1.29 is 4.74 Å². The van der Waals surface area contributed by atoms with Crippen molar-refractivity contribution in [1.29, 1.82) is 0 Å². The Labute approximate surface area is 163 Å². The van der Waals surface area contributed by atoms with E-state index in [-0.39, 0.29) is 11.5 Å². The summed E-state index contributed by atoms with van der Waals surface area (Å²) in [6.45, 7) is 21.6. The molecule has 0 spiro atoms. The average molecular weight is 361 g/mol. The highest BCUT2D eigenvalue weighted by Gasteiger charge is 2.29. The van der Waals surface area contributed by atoms with Gasteiger partial charge in [-0.2, -0.15) is 0 Å². The van der Waals surface area contributed by atoms with Crippen LogP contribution in [-0.2, 0) is 17.6 Å². The number of hydrogen-bond acceptors (Lipinski definition) is 1. The first kappa shape index (κ1) is 23.2. The Morgan fingerprint density at radius 3 is 2.08 bits per heavy atom. The minimum atomic E-state index is 0.278. The zero-order chi connectivity index (χ0) is 19.9. The summed E-state index contributed by atoms with van der Waals surface area (Å²) in [5.41, 5.74) is 4.82. The molecular formula is C25H44O. The molecule has 1 aromatic rings. The molecule has 1 rings (SSSR count). The van der Waals surface area contributed by atoms with Crippen LogP contribution in [0.3, 0.4) is 0 Å². The lowest BCUT2D eigenvalue weighted by Gasteiger charge is -2.35. The standard InChI is InChI=1S/C25H44O/c1-10-12-19(5)15-23-17-22(24(18(3)4)25(7,8)9)14-13-21(23)16-20(6)26-11-2/h13-14,17-20,24H,10-12,15-16H2,1-9H3. The molecule has 0 amide bonds. The molecule has 0 saturated heterocycles. The van der Waals surface area contributed by atoms with Gasteiger partial charge in [0.2, 0.25) is 0 Å². The summed E-state index contributed by atoms with van der Waals surface area (Å²) in [6.07, 6.45) is 5.06. The third-order valence-corrected chi connectivity index (χ3v) is 5.50. The summed E-state index contributed by atoms with van der Waals surface area (Å²) < 4.78 is 5.82. The fraction of sp³-hybridized carbons (Fsp3) is 0.760. The van der Waals surface area contributed by atoms with Gasteiger partial charge in [0.1, 0.15) is 0 Å². The second-order valence-electron chi connectivity index (χ2n) is 9.68. The van der Waals surface area contributed by atoms with Gasteiger partial charge in [-0.3, -0.25) is 0 Å². The van der Waals surface area contributed by atoms with Gasteiger partial charge in [-0.15, -0.1) is 0 Å². The molecule has 0 aliphatic carbocycles. The zero-order valence-electron chi connectivity index (χ0n) is 19.0. The maximum atomic E-state index is 5.82. The second kappa shape index (κ2) is 10.5. The Bertz CT molecular complexity index is 523. The molecule has 3 unspecified atom stereocenters. The Kier molecular flexibility index (Phi) is 9.38. The van der Waals surface area contributed by atoms with Crippen LogP contribution in [-0.4, -0.2) is 12.7 Å². The Morgan fingerprint density at radius 1 is 0.923 bits per heavy atom. The van der Waals surface area contributed by atoms with Gasteiger partial charge < -0.3 is 4.74 Å². The average Bonchev–Trinajstić information content (AvgIpc) is 2.48. The van der Waals surface area contributed by atoms with E-state index >= 15 is 0 Å². The predicted molar refractivity (Wildman–Crippen MR) is 116 cm³/mol. The first-order chi connectivity index (χ1) is 12.1. The van der Waals surface area contributed by atoms with Gasteiger partial charge >= 0.3 is 0 Å². The van der Waals surface area contributed by atoms with Crippen molar-refractivity contribution >= 4 is 0 Å². The molecule has 0 N–H and O–H groups in total. The van der Waals surface area contributed by atoms with Gasteiger partial charge in [0, 0.05) is 6.61 Å². The van der Waals surface area contributed by atoms with Crippen molar-refractivity contribution in [3.8, 4) is 0 Å². The van der Waals surface area contributed by atoms with Crippen LogP contribution in [0, 0.1) is 17.3 Å². The van der Waals surface area contributed by atoms with Crippen LogP contribution in [0.1, 0.15) is 97.8 Å². The minimum Gasteiger partial charge on any atom is -0.378 e. The van der Waals surface area contributed by atoms with Gasteiger partial charge in [-0.1, -0.05) is 79.5 Å². The monoisotopic (exact) mass is 360 g/mol. The van der Waals surface area contributed by atoms with Crippen LogP contribution in [0.2, 0.25) is 0 Å². The molecule has 1 heteroatoms. The summed E-state index contributed by atoms with van der Waals surface area (Å²) in [4.78, 5) is 0. The lowest BCUT2D eigenvalue weighted by molar-refractivity contribution is 0.0766.